The number of hydrogen-bond acceptors (Lipinski definition) is 5. The normalized spacial score (nSPS) is 15.8. The summed E-state index contributed by atoms with van der Waals surface area (Å²) in [7, 11) is 0. The van der Waals surface area contributed by atoms with Crippen molar-refractivity contribution < 1.29 is 4.42 Å². The van der Waals surface area contributed by atoms with Crippen molar-refractivity contribution in [2.24, 2.45) is 0 Å². The Hall–Kier alpha value is -7.37. The molecule has 7 aromatic carbocycles. The Morgan fingerprint density at radius 3 is 2.07 bits per heavy atom. The van der Waals surface area contributed by atoms with Gasteiger partial charge in [0.25, 0.3) is 0 Å². The molecule has 3 heterocycles. The van der Waals surface area contributed by atoms with E-state index in [9.17, 15) is 0 Å². The van der Waals surface area contributed by atoms with Crippen molar-refractivity contribution in [1.82, 2.24) is 15.0 Å². The van der Waals surface area contributed by atoms with Crippen LogP contribution >= 0.6 is 0 Å². The second-order valence-electron chi connectivity index (χ2n) is 15.6. The van der Waals surface area contributed by atoms with Gasteiger partial charge in [-0.3, -0.25) is 0 Å². The first-order valence-electron chi connectivity index (χ1n) is 20.4. The fourth-order valence-corrected chi connectivity index (χ4v) is 8.99. The molecule has 5 nitrogen and oxygen atoms in total. The predicted octanol–water partition coefficient (Wildman–Crippen LogP) is 13.7. The molecule has 1 atom stereocenters. The third kappa shape index (κ3) is 6.32. The summed E-state index contributed by atoms with van der Waals surface area (Å²) < 4.78 is 6.48. The maximum Gasteiger partial charge on any atom is 0.163 e. The first-order valence-corrected chi connectivity index (χ1v) is 20.4. The van der Waals surface area contributed by atoms with E-state index in [0.717, 1.165) is 63.7 Å². The average Bonchev–Trinajstić information content (AvgIpc) is 3.82. The summed E-state index contributed by atoms with van der Waals surface area (Å²) in [6.07, 6.45) is 5.09. The average molecular weight is 761 g/mol. The minimum absolute atomic E-state index is 0.0430. The van der Waals surface area contributed by atoms with E-state index in [1.54, 1.807) is 0 Å². The van der Waals surface area contributed by atoms with Crippen LogP contribution in [0.3, 0.4) is 0 Å². The van der Waals surface area contributed by atoms with Gasteiger partial charge in [0.15, 0.2) is 11.6 Å². The number of furan rings is 1. The smallest absolute Gasteiger partial charge is 0.163 e. The summed E-state index contributed by atoms with van der Waals surface area (Å²) >= 11 is 0. The molecule has 5 heteroatoms. The van der Waals surface area contributed by atoms with E-state index in [0.29, 0.717) is 11.6 Å². The van der Waals surface area contributed by atoms with Gasteiger partial charge in [0.1, 0.15) is 17.0 Å². The number of nitrogens with zero attached hydrogens (tertiary/aromatic N) is 4. The Morgan fingerprint density at radius 2 is 1.25 bits per heavy atom. The molecule has 0 saturated heterocycles. The quantitative estimate of drug-likeness (QED) is 0.169. The van der Waals surface area contributed by atoms with Gasteiger partial charge in [0, 0.05) is 51.3 Å². The molecule has 0 N–H and O–H groups in total. The van der Waals surface area contributed by atoms with E-state index < -0.39 is 0 Å². The molecule has 59 heavy (non-hydrogen) atoms. The van der Waals surface area contributed by atoms with Gasteiger partial charge in [-0.15, -0.1) is 0 Å². The molecular formula is C54H40N4O. The zero-order valence-electron chi connectivity index (χ0n) is 32.7. The van der Waals surface area contributed by atoms with Crippen molar-refractivity contribution >= 4 is 38.9 Å². The molecule has 0 amide bonds. The molecule has 1 aliphatic carbocycles. The van der Waals surface area contributed by atoms with E-state index in [4.69, 9.17) is 19.4 Å². The maximum absolute atomic E-state index is 6.48. The van der Waals surface area contributed by atoms with Crippen LogP contribution in [0.2, 0.25) is 0 Å². The lowest BCUT2D eigenvalue weighted by Gasteiger charge is -2.23. The molecule has 9 aromatic rings. The van der Waals surface area contributed by atoms with E-state index in [1.807, 2.05) is 24.3 Å². The number of allylic oxidation sites excluding steroid dienone is 4. The number of anilines is 2. The Balaban J connectivity index is 1.01. The monoisotopic (exact) mass is 760 g/mol. The first kappa shape index (κ1) is 34.8. The van der Waals surface area contributed by atoms with Crippen LogP contribution in [0.5, 0.6) is 0 Å². The molecule has 282 valence electrons. The van der Waals surface area contributed by atoms with Gasteiger partial charge >= 0.3 is 0 Å². The SMILES string of the molecule is CC1=C(/C=C2\Cc3ccccc3N2c2ccccc2)c2ccccc2C(c2nc(-c3ccccc3)nc(-c3ccc4c(c3)oc3ccc(-c5ccccc5)cc34)n2)CC1. The minimum Gasteiger partial charge on any atom is -0.456 e. The van der Waals surface area contributed by atoms with Gasteiger partial charge in [-0.25, -0.2) is 15.0 Å². The summed E-state index contributed by atoms with van der Waals surface area (Å²) in [6.45, 7) is 2.29. The molecule has 0 fully saturated rings. The van der Waals surface area contributed by atoms with Crippen molar-refractivity contribution in [2.45, 2.75) is 32.1 Å². The highest BCUT2D eigenvalue weighted by Gasteiger charge is 2.30. The van der Waals surface area contributed by atoms with E-state index >= 15 is 0 Å². The van der Waals surface area contributed by atoms with Crippen LogP contribution in [0, 0.1) is 0 Å². The van der Waals surface area contributed by atoms with Crippen LogP contribution in [0.4, 0.5) is 11.4 Å². The standard InChI is InChI=1S/C54H40N4O/c1-35-25-28-46(43-22-12-13-23-44(43)47(35)34-42-31-39-19-11-14-24-49(39)58(42)41-20-9-4-10-21-41)54-56-52(37-17-7-3-8-18-37)55-53(57-54)40-26-29-45-48-32-38(36-15-5-2-6-16-36)27-30-50(48)59-51(45)33-40/h2-24,26-27,29-30,32-34,46H,25,28,31H2,1H3/b42-34+. The number of aromatic nitrogens is 3. The fourth-order valence-electron chi connectivity index (χ4n) is 8.99. The van der Waals surface area contributed by atoms with Crippen LogP contribution in [-0.2, 0) is 6.42 Å². The number of fused-ring (bicyclic) bond motifs is 5. The molecule has 0 radical (unpaired) electrons. The summed E-state index contributed by atoms with van der Waals surface area (Å²) in [5.74, 6) is 2.04. The van der Waals surface area contributed by atoms with E-state index in [-0.39, 0.29) is 5.92 Å². The van der Waals surface area contributed by atoms with Gasteiger partial charge < -0.3 is 9.32 Å². The highest BCUT2D eigenvalue weighted by Crippen LogP contribution is 2.45. The zero-order chi connectivity index (χ0) is 39.3. The number of para-hydroxylation sites is 2. The van der Waals surface area contributed by atoms with Crippen molar-refractivity contribution in [1.29, 1.82) is 0 Å². The van der Waals surface area contributed by atoms with E-state index in [2.05, 4.69) is 170 Å². The second-order valence-corrected chi connectivity index (χ2v) is 15.6. The largest absolute Gasteiger partial charge is 0.456 e. The number of rotatable bonds is 6. The van der Waals surface area contributed by atoms with Gasteiger partial charge in [0.2, 0.25) is 0 Å². The first-order chi connectivity index (χ1) is 29.1. The second kappa shape index (κ2) is 14.5. The van der Waals surface area contributed by atoms with Crippen LogP contribution in [0.25, 0.3) is 61.4 Å². The molecule has 0 saturated carbocycles. The lowest BCUT2D eigenvalue weighted by molar-refractivity contribution is 0.668. The van der Waals surface area contributed by atoms with Gasteiger partial charge in [-0.2, -0.15) is 0 Å². The Bertz CT molecular complexity index is 3090. The van der Waals surface area contributed by atoms with Crippen molar-refractivity contribution in [3.05, 3.63) is 216 Å². The van der Waals surface area contributed by atoms with Gasteiger partial charge in [-0.05, 0) is 102 Å². The number of benzene rings is 7. The molecule has 2 aromatic heterocycles. The molecule has 2 aliphatic rings. The van der Waals surface area contributed by atoms with Crippen molar-refractivity contribution in [3.8, 4) is 33.9 Å². The number of hydrogen-bond donors (Lipinski definition) is 0. The molecule has 1 unspecified atom stereocenters. The molecule has 11 rings (SSSR count). The van der Waals surface area contributed by atoms with Crippen LogP contribution < -0.4 is 4.90 Å². The Morgan fingerprint density at radius 1 is 0.576 bits per heavy atom. The van der Waals surface area contributed by atoms with Crippen molar-refractivity contribution in [3.63, 3.8) is 0 Å². The van der Waals surface area contributed by atoms with Crippen LogP contribution in [-0.4, -0.2) is 15.0 Å². The maximum atomic E-state index is 6.48. The molecule has 0 spiro atoms. The summed E-state index contributed by atoms with van der Waals surface area (Å²) in [5.41, 5.74) is 16.0. The highest BCUT2D eigenvalue weighted by atomic mass is 16.3. The Labute approximate surface area is 343 Å². The molecule has 1 aliphatic heterocycles. The summed E-state index contributed by atoms with van der Waals surface area (Å²) in [4.78, 5) is 18.2. The predicted molar refractivity (Wildman–Crippen MR) is 240 cm³/mol. The highest BCUT2D eigenvalue weighted by molar-refractivity contribution is 6.07. The fraction of sp³-hybridized carbons (Fsp3) is 0.0926. The van der Waals surface area contributed by atoms with Gasteiger partial charge in [0.05, 0.1) is 0 Å². The summed E-state index contributed by atoms with van der Waals surface area (Å²) in [5, 5.41) is 2.16. The zero-order valence-corrected chi connectivity index (χ0v) is 32.7. The Kier molecular flexibility index (Phi) is 8.58. The molecular weight excluding hydrogens is 721 g/mol. The lowest BCUT2D eigenvalue weighted by atomic mass is 9.89. The van der Waals surface area contributed by atoms with E-state index in [1.165, 1.54) is 50.5 Å². The summed E-state index contributed by atoms with van der Waals surface area (Å²) in [6, 6.07) is 61.8. The third-order valence-electron chi connectivity index (χ3n) is 11.9. The topological polar surface area (TPSA) is 55.1 Å². The minimum atomic E-state index is -0.0430. The van der Waals surface area contributed by atoms with Crippen LogP contribution in [0.15, 0.2) is 198 Å². The van der Waals surface area contributed by atoms with Crippen LogP contribution in [0.1, 0.15) is 48.2 Å². The van der Waals surface area contributed by atoms with Crippen molar-refractivity contribution in [2.75, 3.05) is 4.90 Å². The lowest BCUT2D eigenvalue weighted by Crippen LogP contribution is -2.12. The van der Waals surface area contributed by atoms with Gasteiger partial charge in [-0.1, -0.05) is 139 Å². The third-order valence-corrected chi connectivity index (χ3v) is 11.9. The molecule has 0 bridgehead atoms.